The minimum absolute atomic E-state index is 0.588. The number of halogens is 2. The zero-order valence-electron chi connectivity index (χ0n) is 13.2. The molecule has 2 aromatic carbocycles. The third kappa shape index (κ3) is 3.29. The molecule has 0 atom stereocenters. The first-order valence-corrected chi connectivity index (χ1v) is 7.50. The molecule has 122 valence electrons. The number of fused-ring (bicyclic) bond motifs is 1. The Labute approximate surface area is 134 Å². The van der Waals surface area contributed by atoms with Crippen LogP contribution in [0.1, 0.15) is 16.7 Å². The van der Waals surface area contributed by atoms with Crippen molar-refractivity contribution in [3.8, 4) is 11.5 Å². The Kier molecular flexibility index (Phi) is 4.48. The van der Waals surface area contributed by atoms with E-state index in [-0.39, 0.29) is 0 Å². The van der Waals surface area contributed by atoms with Gasteiger partial charge in [-0.05, 0) is 47.4 Å². The number of benzene rings is 2. The lowest BCUT2D eigenvalue weighted by molar-refractivity contribution is 0.243. The third-order valence-electron chi connectivity index (χ3n) is 4.19. The van der Waals surface area contributed by atoms with Gasteiger partial charge in [-0.2, -0.15) is 0 Å². The summed E-state index contributed by atoms with van der Waals surface area (Å²) in [5.74, 6) is -0.165. The van der Waals surface area contributed by atoms with Crippen LogP contribution in [-0.4, -0.2) is 25.7 Å². The van der Waals surface area contributed by atoms with E-state index in [1.165, 1.54) is 23.3 Å². The second kappa shape index (κ2) is 6.54. The fourth-order valence-electron chi connectivity index (χ4n) is 2.97. The van der Waals surface area contributed by atoms with Crippen molar-refractivity contribution in [1.29, 1.82) is 0 Å². The van der Waals surface area contributed by atoms with Crippen molar-refractivity contribution in [2.24, 2.45) is 0 Å². The van der Waals surface area contributed by atoms with Crippen LogP contribution in [0.3, 0.4) is 0 Å². The van der Waals surface area contributed by atoms with E-state index < -0.39 is 11.6 Å². The summed E-state index contributed by atoms with van der Waals surface area (Å²) in [5, 5.41) is 0. The number of ether oxygens (including phenoxy) is 2. The highest BCUT2D eigenvalue weighted by atomic mass is 19.2. The van der Waals surface area contributed by atoms with Crippen molar-refractivity contribution in [3.63, 3.8) is 0 Å². The van der Waals surface area contributed by atoms with Gasteiger partial charge >= 0.3 is 0 Å². The Morgan fingerprint density at radius 1 is 0.957 bits per heavy atom. The first-order valence-electron chi connectivity index (χ1n) is 7.50. The monoisotopic (exact) mass is 319 g/mol. The number of methoxy groups -OCH3 is 2. The van der Waals surface area contributed by atoms with Crippen LogP contribution in [0.15, 0.2) is 30.3 Å². The van der Waals surface area contributed by atoms with Gasteiger partial charge in [-0.15, -0.1) is 0 Å². The molecule has 23 heavy (non-hydrogen) atoms. The minimum Gasteiger partial charge on any atom is -0.493 e. The average Bonchev–Trinajstić information content (AvgIpc) is 2.56. The van der Waals surface area contributed by atoms with Gasteiger partial charge < -0.3 is 9.47 Å². The quantitative estimate of drug-likeness (QED) is 0.860. The smallest absolute Gasteiger partial charge is 0.161 e. The van der Waals surface area contributed by atoms with E-state index in [4.69, 9.17) is 9.47 Å². The van der Waals surface area contributed by atoms with Gasteiger partial charge in [0, 0.05) is 19.6 Å². The topological polar surface area (TPSA) is 21.7 Å². The van der Waals surface area contributed by atoms with Crippen LogP contribution in [0, 0.1) is 11.6 Å². The zero-order valence-corrected chi connectivity index (χ0v) is 13.2. The number of rotatable bonds is 4. The van der Waals surface area contributed by atoms with Crippen LogP contribution in [0.2, 0.25) is 0 Å². The Bertz CT molecular complexity index is 718. The average molecular weight is 319 g/mol. The molecule has 0 aromatic heterocycles. The largest absolute Gasteiger partial charge is 0.493 e. The van der Waals surface area contributed by atoms with Gasteiger partial charge in [0.15, 0.2) is 23.1 Å². The van der Waals surface area contributed by atoms with Gasteiger partial charge in [-0.1, -0.05) is 6.07 Å². The van der Waals surface area contributed by atoms with Gasteiger partial charge in [0.1, 0.15) is 0 Å². The maximum absolute atomic E-state index is 13.3. The molecule has 0 aliphatic carbocycles. The molecule has 3 rings (SSSR count). The Hall–Kier alpha value is -2.14. The van der Waals surface area contributed by atoms with Crippen molar-refractivity contribution in [2.75, 3.05) is 20.8 Å². The SMILES string of the molecule is COc1cc2c(cc1OC)CN(Cc1ccc(F)c(F)c1)CC2. The minimum atomic E-state index is -0.811. The van der Waals surface area contributed by atoms with E-state index >= 15 is 0 Å². The summed E-state index contributed by atoms with van der Waals surface area (Å²) in [5.41, 5.74) is 3.19. The van der Waals surface area contributed by atoms with Crippen molar-refractivity contribution in [3.05, 3.63) is 58.7 Å². The van der Waals surface area contributed by atoms with E-state index in [1.54, 1.807) is 20.3 Å². The molecule has 3 nitrogen and oxygen atoms in total. The Morgan fingerprint density at radius 3 is 2.30 bits per heavy atom. The van der Waals surface area contributed by atoms with Crippen molar-refractivity contribution in [1.82, 2.24) is 4.90 Å². The second-order valence-corrected chi connectivity index (χ2v) is 5.69. The zero-order chi connectivity index (χ0) is 16.4. The van der Waals surface area contributed by atoms with Crippen LogP contribution < -0.4 is 9.47 Å². The molecule has 0 saturated carbocycles. The fourth-order valence-corrected chi connectivity index (χ4v) is 2.97. The molecule has 5 heteroatoms. The molecule has 0 unspecified atom stereocenters. The molecular formula is C18H19F2NO2. The molecule has 0 bridgehead atoms. The highest BCUT2D eigenvalue weighted by Crippen LogP contribution is 2.33. The van der Waals surface area contributed by atoms with E-state index in [0.29, 0.717) is 12.3 Å². The number of nitrogens with zero attached hydrogens (tertiary/aromatic N) is 1. The van der Waals surface area contributed by atoms with Gasteiger partial charge in [-0.25, -0.2) is 8.78 Å². The van der Waals surface area contributed by atoms with E-state index in [9.17, 15) is 8.78 Å². The standard InChI is InChI=1S/C18H19F2NO2/c1-22-17-8-13-5-6-21(11-14(13)9-18(17)23-2)10-12-3-4-15(19)16(20)7-12/h3-4,7-9H,5-6,10-11H2,1-2H3. The van der Waals surface area contributed by atoms with Crippen molar-refractivity contribution >= 4 is 0 Å². The molecule has 1 aliphatic heterocycles. The Balaban J connectivity index is 1.78. The molecular weight excluding hydrogens is 300 g/mol. The normalized spacial score (nSPS) is 14.4. The van der Waals surface area contributed by atoms with Crippen molar-refractivity contribution < 1.29 is 18.3 Å². The van der Waals surface area contributed by atoms with Crippen LogP contribution in [0.5, 0.6) is 11.5 Å². The van der Waals surface area contributed by atoms with Crippen LogP contribution in [0.25, 0.3) is 0 Å². The van der Waals surface area contributed by atoms with Crippen molar-refractivity contribution in [2.45, 2.75) is 19.5 Å². The summed E-state index contributed by atoms with van der Waals surface area (Å²) < 4.78 is 37.0. The molecule has 0 N–H and O–H groups in total. The number of hydrogen-bond donors (Lipinski definition) is 0. The summed E-state index contributed by atoms with van der Waals surface area (Å²) in [6.07, 6.45) is 0.888. The highest BCUT2D eigenvalue weighted by molar-refractivity contribution is 5.48. The van der Waals surface area contributed by atoms with Crippen LogP contribution in [-0.2, 0) is 19.5 Å². The second-order valence-electron chi connectivity index (χ2n) is 5.69. The first kappa shape index (κ1) is 15.7. The summed E-state index contributed by atoms with van der Waals surface area (Å²) in [4.78, 5) is 2.21. The molecule has 2 aromatic rings. The van der Waals surface area contributed by atoms with Gasteiger partial charge in [-0.3, -0.25) is 4.90 Å². The third-order valence-corrected chi connectivity index (χ3v) is 4.19. The fraction of sp³-hybridized carbons (Fsp3) is 0.333. The summed E-state index contributed by atoms with van der Waals surface area (Å²) in [7, 11) is 3.24. The van der Waals surface area contributed by atoms with Crippen LogP contribution in [0.4, 0.5) is 8.78 Å². The maximum atomic E-state index is 13.3. The molecule has 0 saturated heterocycles. The lowest BCUT2D eigenvalue weighted by atomic mass is 9.98. The Morgan fingerprint density at radius 2 is 1.65 bits per heavy atom. The van der Waals surface area contributed by atoms with Crippen LogP contribution >= 0.6 is 0 Å². The lowest BCUT2D eigenvalue weighted by Crippen LogP contribution is -2.30. The molecule has 1 aliphatic rings. The molecule has 0 fully saturated rings. The van der Waals surface area contributed by atoms with Gasteiger partial charge in [0.2, 0.25) is 0 Å². The highest BCUT2D eigenvalue weighted by Gasteiger charge is 2.19. The number of hydrogen-bond acceptors (Lipinski definition) is 3. The lowest BCUT2D eigenvalue weighted by Gasteiger charge is -2.29. The van der Waals surface area contributed by atoms with E-state index in [0.717, 1.165) is 30.8 Å². The van der Waals surface area contributed by atoms with Gasteiger partial charge in [0.05, 0.1) is 14.2 Å². The predicted octanol–water partition coefficient (Wildman–Crippen LogP) is 3.54. The van der Waals surface area contributed by atoms with E-state index in [1.807, 2.05) is 12.1 Å². The molecule has 0 spiro atoms. The summed E-state index contributed by atoms with van der Waals surface area (Å²) in [6, 6.07) is 8.08. The predicted molar refractivity (Wildman–Crippen MR) is 83.7 cm³/mol. The first-order chi connectivity index (χ1) is 11.1. The maximum Gasteiger partial charge on any atom is 0.161 e. The summed E-state index contributed by atoms with van der Waals surface area (Å²) in [6.45, 7) is 2.20. The summed E-state index contributed by atoms with van der Waals surface area (Å²) >= 11 is 0. The van der Waals surface area contributed by atoms with Gasteiger partial charge in [0.25, 0.3) is 0 Å². The molecule has 0 radical (unpaired) electrons. The van der Waals surface area contributed by atoms with E-state index in [2.05, 4.69) is 4.90 Å². The molecule has 0 amide bonds. The molecule has 1 heterocycles.